The van der Waals surface area contributed by atoms with Gasteiger partial charge in [-0.25, -0.2) is 4.79 Å². The van der Waals surface area contributed by atoms with Gasteiger partial charge in [0, 0.05) is 17.1 Å². The summed E-state index contributed by atoms with van der Waals surface area (Å²) < 4.78 is 15.2. The number of fused-ring (bicyclic) bond motifs is 3. The van der Waals surface area contributed by atoms with Crippen molar-refractivity contribution in [1.29, 1.82) is 0 Å². The standard InChI is InChI=1S/C17H16O6/c1-3-22-14(18)11-8-9-17(15(19)21-2)13(11)10-6-4-5-7-12(10)23-16(17)20/h4-8,13H,3,9H2,1-2H3. The molecule has 1 heterocycles. The fraction of sp³-hybridized carbons (Fsp3) is 0.353. The molecular formula is C17H16O6. The molecule has 0 saturated heterocycles. The van der Waals surface area contributed by atoms with Crippen LogP contribution < -0.4 is 4.74 Å². The first kappa shape index (κ1) is 15.3. The molecule has 120 valence electrons. The maximum Gasteiger partial charge on any atom is 0.334 e. The van der Waals surface area contributed by atoms with Gasteiger partial charge in [-0.05, 0) is 19.4 Å². The summed E-state index contributed by atoms with van der Waals surface area (Å²) in [6, 6.07) is 6.86. The highest BCUT2D eigenvalue weighted by Gasteiger charge is 2.62. The van der Waals surface area contributed by atoms with Crippen molar-refractivity contribution in [2.45, 2.75) is 19.3 Å². The number of benzene rings is 1. The highest BCUT2D eigenvalue weighted by molar-refractivity contribution is 6.08. The lowest BCUT2D eigenvalue weighted by atomic mass is 9.70. The SMILES string of the molecule is CCOC(=O)C1=CCC2(C(=O)OC)C(=O)Oc3ccccc3C12. The molecule has 0 N–H and O–H groups in total. The van der Waals surface area contributed by atoms with E-state index in [1.165, 1.54) is 7.11 Å². The van der Waals surface area contributed by atoms with Gasteiger partial charge in [0.25, 0.3) is 0 Å². The molecule has 1 aliphatic carbocycles. The summed E-state index contributed by atoms with van der Waals surface area (Å²) in [7, 11) is 1.21. The molecule has 2 aliphatic rings. The van der Waals surface area contributed by atoms with E-state index in [0.29, 0.717) is 16.9 Å². The Morgan fingerprint density at radius 1 is 1.35 bits per heavy atom. The molecule has 1 aromatic rings. The van der Waals surface area contributed by atoms with E-state index in [2.05, 4.69) is 0 Å². The van der Waals surface area contributed by atoms with Crippen LogP contribution in [0.15, 0.2) is 35.9 Å². The Balaban J connectivity index is 2.17. The van der Waals surface area contributed by atoms with Gasteiger partial charge in [0.15, 0.2) is 5.41 Å². The number of para-hydroxylation sites is 1. The van der Waals surface area contributed by atoms with Crippen LogP contribution in [0.2, 0.25) is 0 Å². The summed E-state index contributed by atoms with van der Waals surface area (Å²) in [6.07, 6.45) is 1.62. The average Bonchev–Trinajstić information content (AvgIpc) is 2.97. The Labute approximate surface area is 133 Å². The average molecular weight is 316 g/mol. The van der Waals surface area contributed by atoms with Gasteiger partial charge in [-0.1, -0.05) is 24.3 Å². The lowest BCUT2D eigenvalue weighted by molar-refractivity contribution is -0.167. The lowest BCUT2D eigenvalue weighted by Gasteiger charge is -2.36. The van der Waals surface area contributed by atoms with Crippen LogP contribution in [0, 0.1) is 5.41 Å². The third-order valence-electron chi connectivity index (χ3n) is 4.31. The summed E-state index contributed by atoms with van der Waals surface area (Å²) in [5, 5.41) is 0. The van der Waals surface area contributed by atoms with E-state index in [9.17, 15) is 14.4 Å². The number of carbonyl (C=O) groups excluding carboxylic acids is 3. The lowest BCUT2D eigenvalue weighted by Crippen LogP contribution is -2.48. The van der Waals surface area contributed by atoms with Gasteiger partial charge in [-0.15, -0.1) is 0 Å². The predicted molar refractivity (Wildman–Crippen MR) is 78.6 cm³/mol. The minimum Gasteiger partial charge on any atom is -0.468 e. The summed E-state index contributed by atoms with van der Waals surface area (Å²) >= 11 is 0. The van der Waals surface area contributed by atoms with Crippen molar-refractivity contribution in [2.24, 2.45) is 5.41 Å². The van der Waals surface area contributed by atoms with Gasteiger partial charge >= 0.3 is 17.9 Å². The van der Waals surface area contributed by atoms with Gasteiger partial charge in [0.2, 0.25) is 0 Å². The number of allylic oxidation sites excluding steroid dienone is 1. The maximum atomic E-state index is 12.6. The van der Waals surface area contributed by atoms with Crippen molar-refractivity contribution in [3.05, 3.63) is 41.5 Å². The molecule has 0 bridgehead atoms. The molecule has 0 amide bonds. The minimum absolute atomic E-state index is 0.0473. The molecular weight excluding hydrogens is 300 g/mol. The number of rotatable bonds is 3. The Bertz CT molecular complexity index is 720. The maximum absolute atomic E-state index is 12.6. The quantitative estimate of drug-likeness (QED) is 0.480. The fourth-order valence-corrected chi connectivity index (χ4v) is 3.29. The van der Waals surface area contributed by atoms with E-state index in [1.807, 2.05) is 0 Å². The molecule has 0 radical (unpaired) electrons. The third-order valence-corrected chi connectivity index (χ3v) is 4.31. The first-order valence-electron chi connectivity index (χ1n) is 7.33. The van der Waals surface area contributed by atoms with E-state index in [1.54, 1.807) is 37.3 Å². The van der Waals surface area contributed by atoms with E-state index < -0.39 is 29.2 Å². The van der Waals surface area contributed by atoms with Crippen molar-refractivity contribution in [2.75, 3.05) is 13.7 Å². The predicted octanol–water partition coefficient (Wildman–Crippen LogP) is 1.74. The van der Waals surface area contributed by atoms with Crippen LogP contribution in [0.4, 0.5) is 0 Å². The van der Waals surface area contributed by atoms with Crippen LogP contribution in [0.1, 0.15) is 24.8 Å². The number of methoxy groups -OCH3 is 1. The second-order valence-corrected chi connectivity index (χ2v) is 5.41. The van der Waals surface area contributed by atoms with Crippen molar-refractivity contribution in [3.8, 4) is 5.75 Å². The second-order valence-electron chi connectivity index (χ2n) is 5.41. The fourth-order valence-electron chi connectivity index (χ4n) is 3.29. The summed E-state index contributed by atoms with van der Waals surface area (Å²) in [5.74, 6) is -2.36. The van der Waals surface area contributed by atoms with Gasteiger partial charge in [-0.2, -0.15) is 0 Å². The number of esters is 3. The zero-order chi connectivity index (χ0) is 16.6. The van der Waals surface area contributed by atoms with Crippen molar-refractivity contribution in [1.82, 2.24) is 0 Å². The van der Waals surface area contributed by atoms with E-state index >= 15 is 0 Å². The molecule has 6 heteroatoms. The van der Waals surface area contributed by atoms with Gasteiger partial charge in [0.05, 0.1) is 13.7 Å². The normalized spacial score (nSPS) is 24.9. The number of hydrogen-bond acceptors (Lipinski definition) is 6. The molecule has 2 atom stereocenters. The smallest absolute Gasteiger partial charge is 0.334 e. The number of ether oxygens (including phenoxy) is 3. The Morgan fingerprint density at radius 2 is 2.09 bits per heavy atom. The zero-order valence-electron chi connectivity index (χ0n) is 12.8. The minimum atomic E-state index is -1.56. The highest BCUT2D eigenvalue weighted by atomic mass is 16.6. The first-order valence-corrected chi connectivity index (χ1v) is 7.33. The highest BCUT2D eigenvalue weighted by Crippen LogP contribution is 2.56. The summed E-state index contributed by atoms with van der Waals surface area (Å²) in [5.41, 5.74) is -0.666. The van der Waals surface area contributed by atoms with Crippen molar-refractivity contribution < 1.29 is 28.6 Å². The molecule has 1 aromatic carbocycles. The van der Waals surface area contributed by atoms with Crippen LogP contribution in [0.5, 0.6) is 5.75 Å². The molecule has 0 saturated carbocycles. The molecule has 0 aromatic heterocycles. The molecule has 3 rings (SSSR count). The Kier molecular flexibility index (Phi) is 3.67. The van der Waals surface area contributed by atoms with Crippen LogP contribution in [-0.2, 0) is 23.9 Å². The van der Waals surface area contributed by atoms with Gasteiger partial charge in [-0.3, -0.25) is 9.59 Å². The van der Waals surface area contributed by atoms with Crippen LogP contribution in [0.3, 0.4) is 0 Å². The number of carbonyl (C=O) groups is 3. The van der Waals surface area contributed by atoms with E-state index in [4.69, 9.17) is 14.2 Å². The number of hydrogen-bond donors (Lipinski definition) is 0. The summed E-state index contributed by atoms with van der Waals surface area (Å²) in [4.78, 5) is 37.3. The molecule has 0 fully saturated rings. The van der Waals surface area contributed by atoms with Crippen molar-refractivity contribution >= 4 is 17.9 Å². The third kappa shape index (κ3) is 2.05. The van der Waals surface area contributed by atoms with Crippen LogP contribution in [0.25, 0.3) is 0 Å². The second kappa shape index (κ2) is 5.53. The Hall–Kier alpha value is -2.63. The van der Waals surface area contributed by atoms with Crippen molar-refractivity contribution in [3.63, 3.8) is 0 Å². The van der Waals surface area contributed by atoms with E-state index in [-0.39, 0.29) is 13.0 Å². The molecule has 0 spiro atoms. The van der Waals surface area contributed by atoms with Gasteiger partial charge < -0.3 is 14.2 Å². The molecule has 2 unspecified atom stereocenters. The summed E-state index contributed by atoms with van der Waals surface area (Å²) in [6.45, 7) is 1.91. The van der Waals surface area contributed by atoms with Gasteiger partial charge in [0.1, 0.15) is 5.75 Å². The molecule has 6 nitrogen and oxygen atoms in total. The molecule has 1 aliphatic heterocycles. The van der Waals surface area contributed by atoms with E-state index in [0.717, 1.165) is 0 Å². The largest absolute Gasteiger partial charge is 0.468 e. The Morgan fingerprint density at radius 3 is 2.78 bits per heavy atom. The van der Waals surface area contributed by atoms with Crippen LogP contribution >= 0.6 is 0 Å². The zero-order valence-corrected chi connectivity index (χ0v) is 12.8. The topological polar surface area (TPSA) is 78.9 Å². The molecule has 23 heavy (non-hydrogen) atoms. The first-order chi connectivity index (χ1) is 11.1. The monoisotopic (exact) mass is 316 g/mol. The van der Waals surface area contributed by atoms with Crippen LogP contribution in [-0.4, -0.2) is 31.6 Å².